The molecule has 1 heterocycles. The molecule has 0 aromatic rings. The summed E-state index contributed by atoms with van der Waals surface area (Å²) in [6, 6.07) is 0. The molecule has 0 aliphatic carbocycles. The van der Waals surface area contributed by atoms with Gasteiger partial charge in [-0.05, 0) is 38.8 Å². The van der Waals surface area contributed by atoms with Gasteiger partial charge in [0.2, 0.25) is 5.91 Å². The van der Waals surface area contributed by atoms with Crippen molar-refractivity contribution in [3.05, 3.63) is 0 Å². The molecule has 0 saturated carbocycles. The summed E-state index contributed by atoms with van der Waals surface area (Å²) in [5.41, 5.74) is 0. The fraction of sp³-hybridized carbons (Fsp3) is 0.917. The van der Waals surface area contributed by atoms with Crippen LogP contribution in [0.3, 0.4) is 0 Å². The van der Waals surface area contributed by atoms with Gasteiger partial charge >= 0.3 is 0 Å². The largest absolute Gasteiger partial charge is 0.342 e. The Hall–Kier alpha value is -0.570. The van der Waals surface area contributed by atoms with Gasteiger partial charge in [-0.15, -0.1) is 0 Å². The van der Waals surface area contributed by atoms with Crippen molar-refractivity contribution in [3.63, 3.8) is 0 Å². The Morgan fingerprint density at radius 3 is 2.20 bits per heavy atom. The van der Waals surface area contributed by atoms with Crippen LogP contribution in [0.5, 0.6) is 0 Å². The smallest absolute Gasteiger partial charge is 0.225 e. The lowest BCUT2D eigenvalue weighted by Crippen LogP contribution is -2.41. The average Bonchev–Trinajstić information content (AvgIpc) is 2.29. The van der Waals surface area contributed by atoms with Crippen LogP contribution in [-0.4, -0.2) is 37.0 Å². The maximum absolute atomic E-state index is 12.2. The quantitative estimate of drug-likeness (QED) is 0.751. The Morgan fingerprint density at radius 1 is 1.20 bits per heavy atom. The maximum Gasteiger partial charge on any atom is 0.225 e. The third-order valence-corrected chi connectivity index (χ3v) is 2.99. The van der Waals surface area contributed by atoms with E-state index in [-0.39, 0.29) is 5.92 Å². The molecule has 1 rings (SSSR count). The van der Waals surface area contributed by atoms with E-state index in [0.717, 1.165) is 51.9 Å². The number of amides is 1. The van der Waals surface area contributed by atoms with Crippen LogP contribution in [0.1, 0.15) is 39.5 Å². The van der Waals surface area contributed by atoms with Crippen molar-refractivity contribution in [2.75, 3.05) is 26.2 Å². The molecule has 1 aliphatic heterocycles. The highest BCUT2D eigenvalue weighted by Gasteiger charge is 2.24. The van der Waals surface area contributed by atoms with Gasteiger partial charge < -0.3 is 10.2 Å². The number of hydrogen-bond donors (Lipinski definition) is 1. The van der Waals surface area contributed by atoms with Crippen molar-refractivity contribution in [2.24, 2.45) is 5.92 Å². The fourth-order valence-electron chi connectivity index (χ4n) is 2.20. The lowest BCUT2D eigenvalue weighted by Gasteiger charge is -2.29. The highest BCUT2D eigenvalue weighted by Crippen LogP contribution is 2.15. The first-order chi connectivity index (χ1) is 7.29. The molecule has 1 aliphatic rings. The van der Waals surface area contributed by atoms with Gasteiger partial charge in [-0.3, -0.25) is 4.79 Å². The molecule has 0 spiro atoms. The Morgan fingerprint density at radius 2 is 1.73 bits per heavy atom. The van der Waals surface area contributed by atoms with E-state index < -0.39 is 0 Å². The number of piperidine rings is 1. The summed E-state index contributed by atoms with van der Waals surface area (Å²) in [5, 5.41) is 3.30. The number of nitrogens with zero attached hydrogens (tertiary/aromatic N) is 1. The highest BCUT2D eigenvalue weighted by molar-refractivity contribution is 5.79. The zero-order chi connectivity index (χ0) is 11.1. The van der Waals surface area contributed by atoms with Gasteiger partial charge in [-0.1, -0.05) is 13.8 Å². The molecule has 0 radical (unpaired) electrons. The second-order valence-corrected chi connectivity index (χ2v) is 4.35. The zero-order valence-electron chi connectivity index (χ0n) is 10.1. The van der Waals surface area contributed by atoms with Gasteiger partial charge in [0.05, 0.1) is 0 Å². The van der Waals surface area contributed by atoms with Crippen LogP contribution in [-0.2, 0) is 4.79 Å². The van der Waals surface area contributed by atoms with Crippen molar-refractivity contribution < 1.29 is 4.79 Å². The fourth-order valence-corrected chi connectivity index (χ4v) is 2.20. The maximum atomic E-state index is 12.2. The molecule has 1 amide bonds. The summed E-state index contributed by atoms with van der Waals surface area (Å²) in [4.78, 5) is 14.2. The van der Waals surface area contributed by atoms with Crippen LogP contribution in [0, 0.1) is 5.92 Å². The van der Waals surface area contributed by atoms with E-state index in [4.69, 9.17) is 0 Å². The summed E-state index contributed by atoms with van der Waals surface area (Å²) in [6.07, 6.45) is 4.17. The Bertz CT molecular complexity index is 182. The number of hydrogen-bond acceptors (Lipinski definition) is 2. The van der Waals surface area contributed by atoms with Gasteiger partial charge in [0.15, 0.2) is 0 Å². The average molecular weight is 212 g/mol. The SMILES string of the molecule is CCCN(CCC)C(=O)C1CCNCC1. The van der Waals surface area contributed by atoms with Crippen LogP contribution in [0.4, 0.5) is 0 Å². The number of rotatable bonds is 5. The molecular weight excluding hydrogens is 188 g/mol. The van der Waals surface area contributed by atoms with Crippen molar-refractivity contribution in [2.45, 2.75) is 39.5 Å². The van der Waals surface area contributed by atoms with E-state index in [0.29, 0.717) is 5.91 Å². The van der Waals surface area contributed by atoms with Crippen LogP contribution in [0.2, 0.25) is 0 Å². The van der Waals surface area contributed by atoms with Crippen LogP contribution in [0.15, 0.2) is 0 Å². The van der Waals surface area contributed by atoms with E-state index in [2.05, 4.69) is 24.1 Å². The summed E-state index contributed by atoms with van der Waals surface area (Å²) in [7, 11) is 0. The van der Waals surface area contributed by atoms with Gasteiger partial charge in [0, 0.05) is 19.0 Å². The zero-order valence-corrected chi connectivity index (χ0v) is 10.1. The Balaban J connectivity index is 2.45. The molecule has 88 valence electrons. The number of carbonyl (C=O) groups excluding carboxylic acids is 1. The summed E-state index contributed by atoms with van der Waals surface area (Å²) in [5.74, 6) is 0.671. The second-order valence-electron chi connectivity index (χ2n) is 4.35. The molecule has 15 heavy (non-hydrogen) atoms. The topological polar surface area (TPSA) is 32.3 Å². The lowest BCUT2D eigenvalue weighted by atomic mass is 9.96. The van der Waals surface area contributed by atoms with E-state index in [9.17, 15) is 4.79 Å². The van der Waals surface area contributed by atoms with E-state index in [1.54, 1.807) is 0 Å². The molecule has 1 saturated heterocycles. The summed E-state index contributed by atoms with van der Waals surface area (Å²) >= 11 is 0. The molecule has 0 aromatic heterocycles. The van der Waals surface area contributed by atoms with Crippen LogP contribution >= 0.6 is 0 Å². The molecular formula is C12H24N2O. The molecule has 3 nitrogen and oxygen atoms in total. The van der Waals surface area contributed by atoms with Gasteiger partial charge in [-0.25, -0.2) is 0 Å². The van der Waals surface area contributed by atoms with Crippen LogP contribution in [0.25, 0.3) is 0 Å². The Labute approximate surface area is 93.2 Å². The minimum absolute atomic E-state index is 0.282. The highest BCUT2D eigenvalue weighted by atomic mass is 16.2. The van der Waals surface area contributed by atoms with Crippen LogP contribution < -0.4 is 5.32 Å². The molecule has 1 N–H and O–H groups in total. The van der Waals surface area contributed by atoms with E-state index in [1.807, 2.05) is 0 Å². The van der Waals surface area contributed by atoms with Crippen molar-refractivity contribution >= 4 is 5.91 Å². The molecule has 3 heteroatoms. The monoisotopic (exact) mass is 212 g/mol. The summed E-state index contributed by atoms with van der Waals surface area (Å²) < 4.78 is 0. The predicted molar refractivity (Wildman–Crippen MR) is 62.8 cm³/mol. The predicted octanol–water partition coefficient (Wildman–Crippen LogP) is 1.63. The van der Waals surface area contributed by atoms with E-state index in [1.165, 1.54) is 0 Å². The molecule has 0 bridgehead atoms. The minimum Gasteiger partial charge on any atom is -0.342 e. The molecule has 0 unspecified atom stereocenters. The standard InChI is InChI=1S/C12H24N2O/c1-3-9-14(10-4-2)12(15)11-5-7-13-8-6-11/h11,13H,3-10H2,1-2H3. The third kappa shape index (κ3) is 3.82. The molecule has 0 atom stereocenters. The van der Waals surface area contributed by atoms with Gasteiger partial charge in [-0.2, -0.15) is 0 Å². The second kappa shape index (κ2) is 6.83. The minimum atomic E-state index is 0.282. The van der Waals surface area contributed by atoms with Gasteiger partial charge in [0.1, 0.15) is 0 Å². The van der Waals surface area contributed by atoms with Crippen molar-refractivity contribution in [1.29, 1.82) is 0 Å². The normalized spacial score (nSPS) is 17.7. The Kier molecular flexibility index (Phi) is 5.69. The summed E-state index contributed by atoms with van der Waals surface area (Å²) in [6.45, 7) is 8.13. The number of carbonyl (C=O) groups is 1. The number of nitrogens with one attached hydrogen (secondary N) is 1. The molecule has 0 aromatic carbocycles. The van der Waals surface area contributed by atoms with Crippen molar-refractivity contribution in [1.82, 2.24) is 10.2 Å². The first-order valence-electron chi connectivity index (χ1n) is 6.29. The first kappa shape index (κ1) is 12.5. The molecule has 1 fully saturated rings. The third-order valence-electron chi connectivity index (χ3n) is 2.99. The lowest BCUT2D eigenvalue weighted by molar-refractivity contribution is -0.136. The van der Waals surface area contributed by atoms with E-state index >= 15 is 0 Å². The van der Waals surface area contributed by atoms with Crippen molar-refractivity contribution in [3.8, 4) is 0 Å². The first-order valence-corrected chi connectivity index (χ1v) is 6.29. The van der Waals surface area contributed by atoms with Gasteiger partial charge in [0.25, 0.3) is 0 Å².